The van der Waals surface area contributed by atoms with Gasteiger partial charge in [-0.15, -0.1) is 0 Å². The molecule has 236 valence electrons. The highest BCUT2D eigenvalue weighted by molar-refractivity contribution is 7.90. The Morgan fingerprint density at radius 3 is 2.27 bits per heavy atom. The lowest BCUT2D eigenvalue weighted by Crippen LogP contribution is -2.63. The Morgan fingerprint density at radius 2 is 1.58 bits per heavy atom. The molecule has 1 N–H and O–H groups in total. The second-order valence-electron chi connectivity index (χ2n) is 12.8. The smallest absolute Gasteiger partial charge is 0.226 e. The van der Waals surface area contributed by atoms with Crippen molar-refractivity contribution in [3.05, 3.63) is 90.9 Å². The van der Waals surface area contributed by atoms with Gasteiger partial charge in [0.05, 0.1) is 42.8 Å². The van der Waals surface area contributed by atoms with E-state index >= 15 is 0 Å². The van der Waals surface area contributed by atoms with Gasteiger partial charge in [-0.25, -0.2) is 18.4 Å². The number of benzene rings is 2. The van der Waals surface area contributed by atoms with Gasteiger partial charge in [-0.1, -0.05) is 24.3 Å². The molecule has 4 aromatic rings. The van der Waals surface area contributed by atoms with Gasteiger partial charge in [-0.2, -0.15) is 0 Å². The first-order valence-electron chi connectivity index (χ1n) is 15.9. The molecule has 45 heavy (non-hydrogen) atoms. The van der Waals surface area contributed by atoms with E-state index in [4.69, 9.17) is 9.97 Å². The summed E-state index contributed by atoms with van der Waals surface area (Å²) in [7, 11) is 1.25. The predicted octanol–water partition coefficient (Wildman–Crippen LogP) is 5.08. The van der Waals surface area contributed by atoms with Crippen molar-refractivity contribution in [2.45, 2.75) is 49.2 Å². The van der Waals surface area contributed by atoms with Crippen LogP contribution in [-0.4, -0.2) is 86.5 Å². The Bertz CT molecular complexity index is 1680. The molecule has 0 amide bonds. The number of nitrogens with zero attached hydrogens (tertiary/aromatic N) is 6. The fraction of sp³-hybridized carbons (Fsp3) is 0.400. The molecule has 0 bridgehead atoms. The SMILES string of the molecule is CN(c1ccncc1)c1ccc(CN(c2nccc(-c3ccc(S(C)(=O)=O)cc3)n2)[C@H]2CCC[N+](C)(C3CCNCC3)C2)cc1. The third-order valence-electron chi connectivity index (χ3n) is 9.67. The molecule has 2 saturated heterocycles. The van der Waals surface area contributed by atoms with Gasteiger partial charge in [0.25, 0.3) is 0 Å². The summed E-state index contributed by atoms with van der Waals surface area (Å²) < 4.78 is 25.1. The first-order chi connectivity index (χ1) is 21.7. The highest BCUT2D eigenvalue weighted by Gasteiger charge is 2.41. The Hall–Kier alpha value is -3.86. The van der Waals surface area contributed by atoms with Crippen molar-refractivity contribution in [3.63, 3.8) is 0 Å². The summed E-state index contributed by atoms with van der Waals surface area (Å²) in [5.74, 6) is 0.710. The van der Waals surface area contributed by atoms with Gasteiger partial charge in [0, 0.05) is 81.3 Å². The van der Waals surface area contributed by atoms with E-state index in [0.717, 1.165) is 53.2 Å². The number of quaternary nitrogens is 1. The lowest BCUT2D eigenvalue weighted by molar-refractivity contribution is -0.939. The van der Waals surface area contributed by atoms with Crippen molar-refractivity contribution in [2.75, 3.05) is 56.3 Å². The van der Waals surface area contributed by atoms with Gasteiger partial charge < -0.3 is 19.6 Å². The van der Waals surface area contributed by atoms with E-state index in [-0.39, 0.29) is 0 Å². The van der Waals surface area contributed by atoms with Crippen LogP contribution in [0.3, 0.4) is 0 Å². The second kappa shape index (κ2) is 13.2. The lowest BCUT2D eigenvalue weighted by Gasteiger charge is -2.50. The Labute approximate surface area is 267 Å². The number of likely N-dealkylation sites (tertiary alicyclic amines) is 1. The first-order valence-corrected chi connectivity index (χ1v) is 17.8. The number of sulfone groups is 1. The molecule has 0 spiro atoms. The second-order valence-corrected chi connectivity index (χ2v) is 14.8. The number of piperidine rings is 2. The van der Waals surface area contributed by atoms with Gasteiger partial charge in [-0.3, -0.25) is 4.98 Å². The minimum Gasteiger partial charge on any atom is -0.345 e. The van der Waals surface area contributed by atoms with E-state index in [1.807, 2.05) is 48.9 Å². The average Bonchev–Trinajstić information content (AvgIpc) is 3.08. The number of aromatic nitrogens is 3. The van der Waals surface area contributed by atoms with Crippen LogP contribution in [-0.2, 0) is 16.4 Å². The minimum atomic E-state index is -3.27. The number of rotatable bonds is 9. The largest absolute Gasteiger partial charge is 0.345 e. The van der Waals surface area contributed by atoms with E-state index in [0.29, 0.717) is 29.5 Å². The molecule has 0 saturated carbocycles. The quantitative estimate of drug-likeness (QED) is 0.258. The third-order valence-corrected chi connectivity index (χ3v) is 10.8. The van der Waals surface area contributed by atoms with Crippen molar-refractivity contribution < 1.29 is 12.9 Å². The van der Waals surface area contributed by atoms with Crippen molar-refractivity contribution in [1.29, 1.82) is 0 Å². The van der Waals surface area contributed by atoms with Crippen LogP contribution >= 0.6 is 0 Å². The molecule has 10 heteroatoms. The van der Waals surface area contributed by atoms with Crippen LogP contribution in [0.1, 0.15) is 31.2 Å². The van der Waals surface area contributed by atoms with E-state index in [2.05, 4.69) is 58.5 Å². The Morgan fingerprint density at radius 1 is 0.889 bits per heavy atom. The molecule has 2 aromatic carbocycles. The van der Waals surface area contributed by atoms with Crippen molar-refractivity contribution in [2.24, 2.45) is 0 Å². The molecule has 1 unspecified atom stereocenters. The number of likely N-dealkylation sites (N-methyl/N-ethyl adjacent to an activating group) is 1. The zero-order valence-corrected chi connectivity index (χ0v) is 27.3. The summed E-state index contributed by atoms with van der Waals surface area (Å²) >= 11 is 0. The van der Waals surface area contributed by atoms with Crippen LogP contribution in [0.15, 0.2) is 90.2 Å². The highest BCUT2D eigenvalue weighted by Crippen LogP contribution is 2.32. The fourth-order valence-electron chi connectivity index (χ4n) is 6.99. The first kappa shape index (κ1) is 31.1. The topological polar surface area (TPSA) is 91.3 Å². The number of hydrogen-bond donors (Lipinski definition) is 1. The normalized spacial score (nSPS) is 20.9. The monoisotopic (exact) mass is 626 g/mol. The number of pyridine rings is 1. The predicted molar refractivity (Wildman–Crippen MR) is 180 cm³/mol. The molecule has 2 atom stereocenters. The fourth-order valence-corrected chi connectivity index (χ4v) is 7.62. The molecule has 2 aromatic heterocycles. The van der Waals surface area contributed by atoms with Gasteiger partial charge in [0.15, 0.2) is 9.84 Å². The molecular weight excluding hydrogens is 582 g/mol. The molecule has 0 aliphatic carbocycles. The molecule has 4 heterocycles. The van der Waals surface area contributed by atoms with Crippen LogP contribution in [0.4, 0.5) is 17.3 Å². The molecule has 0 radical (unpaired) electrons. The molecule has 2 aliphatic heterocycles. The number of anilines is 3. The number of hydrogen-bond acceptors (Lipinski definition) is 8. The summed E-state index contributed by atoms with van der Waals surface area (Å²) in [5.41, 5.74) is 5.06. The van der Waals surface area contributed by atoms with Crippen LogP contribution in [0.25, 0.3) is 11.3 Å². The van der Waals surface area contributed by atoms with Crippen LogP contribution in [0.2, 0.25) is 0 Å². The standard InChI is InChI=1S/C35H44N7O2S/c1-40(30-14-19-36-20-15-30)29-10-6-27(7-11-29)25-41(31-5-4-24-42(2,26-31)32-16-21-37-22-17-32)35-38-23-18-34(39-35)28-8-12-33(13-9-28)45(3,43)44/h6-15,18-20,23,31-32,37H,4-5,16-17,21-22,24-26H2,1-3H3/q+1/t31-,42?/m0/s1. The average molecular weight is 627 g/mol. The van der Waals surface area contributed by atoms with Crippen LogP contribution < -0.4 is 15.1 Å². The summed E-state index contributed by atoms with van der Waals surface area (Å²) in [4.78, 5) is 18.9. The maximum absolute atomic E-state index is 12.0. The van der Waals surface area contributed by atoms with E-state index in [1.165, 1.54) is 37.6 Å². The van der Waals surface area contributed by atoms with Crippen molar-refractivity contribution in [3.8, 4) is 11.3 Å². The maximum atomic E-state index is 12.0. The summed E-state index contributed by atoms with van der Waals surface area (Å²) in [6.07, 6.45) is 11.4. The van der Waals surface area contributed by atoms with E-state index < -0.39 is 9.84 Å². The van der Waals surface area contributed by atoms with Gasteiger partial charge in [0.2, 0.25) is 5.95 Å². The molecular formula is C35H44N7O2S+. The lowest BCUT2D eigenvalue weighted by atomic mass is 9.94. The highest BCUT2D eigenvalue weighted by atomic mass is 32.2. The van der Waals surface area contributed by atoms with Crippen molar-refractivity contribution >= 4 is 27.2 Å². The van der Waals surface area contributed by atoms with Crippen LogP contribution in [0, 0.1) is 0 Å². The maximum Gasteiger partial charge on any atom is 0.226 e. The third kappa shape index (κ3) is 7.19. The van der Waals surface area contributed by atoms with Crippen molar-refractivity contribution in [1.82, 2.24) is 20.3 Å². The molecule has 2 fully saturated rings. The summed E-state index contributed by atoms with van der Waals surface area (Å²) in [6.45, 7) is 5.16. The summed E-state index contributed by atoms with van der Waals surface area (Å²) in [5, 5.41) is 3.54. The molecule has 2 aliphatic rings. The Kier molecular flexibility index (Phi) is 9.16. The minimum absolute atomic E-state index is 0.292. The zero-order valence-electron chi connectivity index (χ0n) is 26.5. The Balaban J connectivity index is 1.30. The van der Waals surface area contributed by atoms with Gasteiger partial charge >= 0.3 is 0 Å². The van der Waals surface area contributed by atoms with Gasteiger partial charge in [-0.05, 0) is 60.9 Å². The molecule has 6 rings (SSSR count). The zero-order chi connectivity index (χ0) is 31.4. The van der Waals surface area contributed by atoms with E-state index in [1.54, 1.807) is 12.1 Å². The van der Waals surface area contributed by atoms with Gasteiger partial charge in [0.1, 0.15) is 0 Å². The van der Waals surface area contributed by atoms with Crippen LogP contribution in [0.5, 0.6) is 0 Å². The molecule has 9 nitrogen and oxygen atoms in total. The van der Waals surface area contributed by atoms with E-state index in [9.17, 15) is 8.42 Å². The summed E-state index contributed by atoms with van der Waals surface area (Å²) in [6, 6.07) is 22.6. The number of nitrogens with one attached hydrogen (secondary N) is 1.